The van der Waals surface area contributed by atoms with Crippen LogP contribution in [0.25, 0.3) is 0 Å². The van der Waals surface area contributed by atoms with Crippen LogP contribution in [0.1, 0.15) is 72.9 Å². The fraction of sp³-hybridized carbons (Fsp3) is 0.632. The highest BCUT2D eigenvalue weighted by molar-refractivity contribution is 5.88. The Kier molecular flexibility index (Phi) is 2.92. The molecule has 0 spiro atoms. The van der Waals surface area contributed by atoms with Crippen molar-refractivity contribution in [3.63, 3.8) is 0 Å². The molecule has 112 valence electrons. The molecule has 0 heterocycles. The molecule has 0 amide bonds. The summed E-state index contributed by atoms with van der Waals surface area (Å²) in [6, 6.07) is 5.86. The standard InChI is InChI=1S/C19H24O2/c1-19-9-2-3-17(19)16-7-4-12-11-13(18(20)21)5-6-14(12)15(16)8-10-19/h5-6,11,15-17H,2-4,7-10H2,1H3,(H,20,21). The second-order valence-corrected chi connectivity index (χ2v) is 7.72. The first-order valence-electron chi connectivity index (χ1n) is 8.45. The Morgan fingerprint density at radius 3 is 2.90 bits per heavy atom. The third-order valence-corrected chi connectivity index (χ3v) is 6.75. The average Bonchev–Trinajstić information content (AvgIpc) is 2.88. The minimum Gasteiger partial charge on any atom is -0.478 e. The van der Waals surface area contributed by atoms with Crippen LogP contribution in [0.2, 0.25) is 0 Å². The maximum atomic E-state index is 11.2. The summed E-state index contributed by atoms with van der Waals surface area (Å²) in [5, 5.41) is 9.18. The lowest BCUT2D eigenvalue weighted by atomic mass is 9.56. The molecule has 21 heavy (non-hydrogen) atoms. The van der Waals surface area contributed by atoms with Gasteiger partial charge in [0.25, 0.3) is 0 Å². The Balaban J connectivity index is 1.69. The van der Waals surface area contributed by atoms with Crippen molar-refractivity contribution >= 4 is 5.97 Å². The molecule has 4 atom stereocenters. The Morgan fingerprint density at radius 1 is 1.24 bits per heavy atom. The Hall–Kier alpha value is -1.31. The van der Waals surface area contributed by atoms with Gasteiger partial charge < -0.3 is 5.11 Å². The van der Waals surface area contributed by atoms with E-state index in [1.807, 2.05) is 12.1 Å². The first-order valence-corrected chi connectivity index (χ1v) is 8.45. The van der Waals surface area contributed by atoms with Crippen LogP contribution in [0, 0.1) is 17.3 Å². The van der Waals surface area contributed by atoms with Crippen LogP contribution in [0.15, 0.2) is 18.2 Å². The van der Waals surface area contributed by atoms with Gasteiger partial charge in [-0.25, -0.2) is 4.79 Å². The third-order valence-electron chi connectivity index (χ3n) is 6.75. The molecule has 2 heteroatoms. The maximum absolute atomic E-state index is 11.2. The summed E-state index contributed by atoms with van der Waals surface area (Å²) in [7, 11) is 0. The molecular weight excluding hydrogens is 260 g/mol. The molecule has 2 fully saturated rings. The predicted octanol–water partition coefficient (Wildman–Crippen LogP) is 4.63. The largest absolute Gasteiger partial charge is 0.478 e. The molecule has 0 radical (unpaired) electrons. The second-order valence-electron chi connectivity index (χ2n) is 7.72. The highest BCUT2D eigenvalue weighted by Crippen LogP contribution is 2.60. The normalized spacial score (nSPS) is 37.5. The summed E-state index contributed by atoms with van der Waals surface area (Å²) < 4.78 is 0. The number of aryl methyl sites for hydroxylation is 1. The molecular formula is C19H24O2. The predicted molar refractivity (Wildman–Crippen MR) is 82.6 cm³/mol. The van der Waals surface area contributed by atoms with Gasteiger partial charge in [0, 0.05) is 0 Å². The molecule has 1 aromatic carbocycles. The molecule has 1 aromatic rings. The summed E-state index contributed by atoms with van der Waals surface area (Å²) in [6.45, 7) is 2.52. The van der Waals surface area contributed by atoms with Gasteiger partial charge >= 0.3 is 5.97 Å². The van der Waals surface area contributed by atoms with E-state index in [-0.39, 0.29) is 0 Å². The van der Waals surface area contributed by atoms with Crippen LogP contribution in [0.5, 0.6) is 0 Å². The van der Waals surface area contributed by atoms with Gasteiger partial charge in [-0.3, -0.25) is 0 Å². The van der Waals surface area contributed by atoms with Gasteiger partial charge in [0.1, 0.15) is 0 Å². The zero-order chi connectivity index (χ0) is 14.6. The first kappa shape index (κ1) is 13.4. The third kappa shape index (κ3) is 1.95. The minimum atomic E-state index is -0.799. The molecule has 1 N–H and O–H groups in total. The van der Waals surface area contributed by atoms with Crippen LogP contribution in [-0.4, -0.2) is 11.1 Å². The van der Waals surface area contributed by atoms with E-state index in [0.29, 0.717) is 16.9 Å². The molecule has 0 aromatic heterocycles. The zero-order valence-electron chi connectivity index (χ0n) is 12.8. The van der Waals surface area contributed by atoms with E-state index in [2.05, 4.69) is 13.0 Å². The molecule has 3 aliphatic rings. The molecule has 2 saturated carbocycles. The SMILES string of the molecule is CC12CCCC1C1CCc3cc(C(=O)O)ccc3C1CC2. The number of carboxylic acid groups (broad SMARTS) is 1. The van der Waals surface area contributed by atoms with Crippen LogP contribution in [-0.2, 0) is 6.42 Å². The van der Waals surface area contributed by atoms with Gasteiger partial charge in [0.05, 0.1) is 5.56 Å². The van der Waals surface area contributed by atoms with Crippen molar-refractivity contribution in [2.24, 2.45) is 17.3 Å². The number of carboxylic acids is 1. The molecule has 0 aliphatic heterocycles. The van der Waals surface area contributed by atoms with Crippen LogP contribution >= 0.6 is 0 Å². The minimum absolute atomic E-state index is 0.453. The van der Waals surface area contributed by atoms with Crippen LogP contribution in [0.4, 0.5) is 0 Å². The van der Waals surface area contributed by atoms with Gasteiger partial charge in [-0.1, -0.05) is 19.4 Å². The lowest BCUT2D eigenvalue weighted by Gasteiger charge is -2.49. The zero-order valence-corrected chi connectivity index (χ0v) is 12.8. The molecule has 0 saturated heterocycles. The van der Waals surface area contributed by atoms with E-state index in [9.17, 15) is 9.90 Å². The van der Waals surface area contributed by atoms with Crippen molar-refractivity contribution in [2.75, 3.05) is 0 Å². The number of aromatic carboxylic acids is 1. The number of benzene rings is 1. The lowest BCUT2D eigenvalue weighted by molar-refractivity contribution is 0.0597. The van der Waals surface area contributed by atoms with Crippen molar-refractivity contribution in [1.29, 1.82) is 0 Å². The fourth-order valence-electron chi connectivity index (χ4n) is 5.71. The summed E-state index contributed by atoms with van der Waals surface area (Å²) in [5.41, 5.74) is 3.82. The van der Waals surface area contributed by atoms with Gasteiger partial charge in [0.15, 0.2) is 0 Å². The number of rotatable bonds is 1. The molecule has 4 unspecified atom stereocenters. The second kappa shape index (κ2) is 4.59. The Bertz CT molecular complexity index is 591. The molecule has 3 aliphatic carbocycles. The van der Waals surface area contributed by atoms with E-state index in [0.717, 1.165) is 18.3 Å². The molecule has 4 rings (SSSR count). The van der Waals surface area contributed by atoms with Crippen LogP contribution < -0.4 is 0 Å². The van der Waals surface area contributed by atoms with E-state index >= 15 is 0 Å². The van der Waals surface area contributed by atoms with Crippen molar-refractivity contribution in [2.45, 2.75) is 57.8 Å². The van der Waals surface area contributed by atoms with Crippen molar-refractivity contribution in [3.05, 3.63) is 34.9 Å². The highest BCUT2D eigenvalue weighted by atomic mass is 16.4. The van der Waals surface area contributed by atoms with Crippen molar-refractivity contribution in [3.8, 4) is 0 Å². The van der Waals surface area contributed by atoms with Gasteiger partial charge in [-0.15, -0.1) is 0 Å². The molecule has 2 nitrogen and oxygen atoms in total. The van der Waals surface area contributed by atoms with Gasteiger partial charge in [-0.05, 0) is 85.0 Å². The van der Waals surface area contributed by atoms with E-state index in [1.54, 1.807) is 0 Å². The van der Waals surface area contributed by atoms with E-state index in [4.69, 9.17) is 0 Å². The molecule has 0 bridgehead atoms. The monoisotopic (exact) mass is 284 g/mol. The number of hydrogen-bond donors (Lipinski definition) is 1. The number of carbonyl (C=O) groups is 1. The highest BCUT2D eigenvalue weighted by Gasteiger charge is 2.50. The maximum Gasteiger partial charge on any atom is 0.335 e. The Labute approximate surface area is 126 Å². The van der Waals surface area contributed by atoms with Crippen molar-refractivity contribution in [1.82, 2.24) is 0 Å². The fourth-order valence-corrected chi connectivity index (χ4v) is 5.71. The van der Waals surface area contributed by atoms with Gasteiger partial charge in [-0.2, -0.15) is 0 Å². The first-order chi connectivity index (χ1) is 10.1. The summed E-state index contributed by atoms with van der Waals surface area (Å²) in [5.74, 6) is 1.64. The van der Waals surface area contributed by atoms with E-state index in [1.165, 1.54) is 49.7 Å². The summed E-state index contributed by atoms with van der Waals surface area (Å²) in [4.78, 5) is 11.2. The number of fused-ring (bicyclic) bond motifs is 5. The Morgan fingerprint density at radius 2 is 2.10 bits per heavy atom. The topological polar surface area (TPSA) is 37.3 Å². The summed E-state index contributed by atoms with van der Waals surface area (Å²) >= 11 is 0. The number of hydrogen-bond acceptors (Lipinski definition) is 1. The summed E-state index contributed by atoms with van der Waals surface area (Å²) in [6.07, 6.45) is 9.25. The van der Waals surface area contributed by atoms with Crippen LogP contribution in [0.3, 0.4) is 0 Å². The van der Waals surface area contributed by atoms with E-state index < -0.39 is 5.97 Å². The smallest absolute Gasteiger partial charge is 0.335 e. The average molecular weight is 284 g/mol. The lowest BCUT2D eigenvalue weighted by Crippen LogP contribution is -2.39. The van der Waals surface area contributed by atoms with Gasteiger partial charge in [0.2, 0.25) is 0 Å². The van der Waals surface area contributed by atoms with Crippen molar-refractivity contribution < 1.29 is 9.90 Å². The quantitative estimate of drug-likeness (QED) is 0.816.